The average molecular weight is 267 g/mol. The van der Waals surface area contributed by atoms with Crippen LogP contribution in [0.3, 0.4) is 0 Å². The van der Waals surface area contributed by atoms with Gasteiger partial charge in [-0.3, -0.25) is 0 Å². The molecule has 17 heavy (non-hydrogen) atoms. The molecule has 1 nitrogen and oxygen atoms in total. The number of rotatable bonds is 5. The van der Waals surface area contributed by atoms with E-state index in [1.807, 2.05) is 0 Å². The molecule has 0 aliphatic heterocycles. The van der Waals surface area contributed by atoms with Crippen molar-refractivity contribution in [1.29, 1.82) is 0 Å². The zero-order valence-electron chi connectivity index (χ0n) is 9.01. The van der Waals surface area contributed by atoms with E-state index in [2.05, 4.69) is 0 Å². The third kappa shape index (κ3) is 5.41. The summed E-state index contributed by atoms with van der Waals surface area (Å²) in [7, 11) is 0. The van der Waals surface area contributed by atoms with Crippen LogP contribution in [0.5, 0.6) is 0 Å². The largest absolute Gasteiger partial charge is 0.441 e. The minimum Gasteiger partial charge on any atom is -0.330 e. The molecule has 1 aromatic rings. The van der Waals surface area contributed by atoms with Crippen molar-refractivity contribution in [3.8, 4) is 0 Å². The van der Waals surface area contributed by atoms with E-state index in [1.165, 1.54) is 18.2 Å². The van der Waals surface area contributed by atoms with Crippen molar-refractivity contribution in [2.75, 3.05) is 12.3 Å². The second-order valence-corrected chi connectivity index (χ2v) is 4.73. The number of halogens is 4. The summed E-state index contributed by atoms with van der Waals surface area (Å²) in [6.45, 7) is 0.210. The van der Waals surface area contributed by atoms with Gasteiger partial charge in [0.2, 0.25) is 0 Å². The monoisotopic (exact) mass is 267 g/mol. The molecule has 1 unspecified atom stereocenters. The third-order valence-electron chi connectivity index (χ3n) is 2.34. The molecule has 1 aromatic carbocycles. The summed E-state index contributed by atoms with van der Waals surface area (Å²) in [4.78, 5) is 0. The van der Waals surface area contributed by atoms with Crippen molar-refractivity contribution in [2.24, 2.45) is 5.73 Å². The van der Waals surface area contributed by atoms with Gasteiger partial charge < -0.3 is 5.73 Å². The zero-order valence-corrected chi connectivity index (χ0v) is 9.82. The van der Waals surface area contributed by atoms with E-state index >= 15 is 0 Å². The summed E-state index contributed by atoms with van der Waals surface area (Å²) in [6, 6.07) is 5.82. The Morgan fingerprint density at radius 1 is 1.29 bits per heavy atom. The molecule has 0 aromatic heterocycles. The second-order valence-electron chi connectivity index (χ2n) is 3.57. The van der Waals surface area contributed by atoms with Crippen molar-refractivity contribution in [2.45, 2.75) is 17.8 Å². The number of benzene rings is 1. The molecule has 1 rings (SSSR count). The number of alkyl halides is 3. The summed E-state index contributed by atoms with van der Waals surface area (Å²) >= 11 is -0.0732. The summed E-state index contributed by atoms with van der Waals surface area (Å²) < 4.78 is 48.8. The van der Waals surface area contributed by atoms with Gasteiger partial charge in [-0.25, -0.2) is 4.39 Å². The quantitative estimate of drug-likeness (QED) is 0.826. The maximum Gasteiger partial charge on any atom is 0.441 e. The molecule has 0 amide bonds. The standard InChI is InChI=1S/C11H13F4NS/c12-10-3-1-2-8(6-10)9(7-16)4-5-17-11(13,14)15/h1-3,6,9H,4-5,7,16H2. The van der Waals surface area contributed by atoms with Crippen LogP contribution in [0.25, 0.3) is 0 Å². The van der Waals surface area contributed by atoms with Gasteiger partial charge in [0.15, 0.2) is 0 Å². The molecule has 2 N–H and O–H groups in total. The lowest BCUT2D eigenvalue weighted by Crippen LogP contribution is -2.14. The Balaban J connectivity index is 2.54. The van der Waals surface area contributed by atoms with Crippen molar-refractivity contribution in [1.82, 2.24) is 0 Å². The average Bonchev–Trinajstić information content (AvgIpc) is 2.23. The third-order valence-corrected chi connectivity index (χ3v) is 3.10. The Labute approximate surface area is 101 Å². The van der Waals surface area contributed by atoms with Crippen LogP contribution in [0.2, 0.25) is 0 Å². The highest BCUT2D eigenvalue weighted by atomic mass is 32.2. The highest BCUT2D eigenvalue weighted by Crippen LogP contribution is 2.32. The van der Waals surface area contributed by atoms with Crippen LogP contribution >= 0.6 is 11.8 Å². The minimum absolute atomic E-state index is 0.0676. The smallest absolute Gasteiger partial charge is 0.330 e. The maximum atomic E-state index is 12.9. The first-order valence-electron chi connectivity index (χ1n) is 5.08. The van der Waals surface area contributed by atoms with Gasteiger partial charge in [0.25, 0.3) is 0 Å². The van der Waals surface area contributed by atoms with E-state index in [4.69, 9.17) is 5.73 Å². The summed E-state index contributed by atoms with van der Waals surface area (Å²) in [5.74, 6) is -0.702. The first-order chi connectivity index (χ1) is 7.92. The first kappa shape index (κ1) is 14.3. The van der Waals surface area contributed by atoms with E-state index in [0.29, 0.717) is 5.56 Å². The fourth-order valence-corrected chi connectivity index (χ4v) is 2.13. The van der Waals surface area contributed by atoms with Gasteiger partial charge >= 0.3 is 5.51 Å². The molecular weight excluding hydrogens is 254 g/mol. The number of hydrogen-bond acceptors (Lipinski definition) is 2. The molecule has 0 bridgehead atoms. The molecule has 0 aliphatic rings. The van der Waals surface area contributed by atoms with E-state index in [-0.39, 0.29) is 36.4 Å². The Hall–Kier alpha value is -0.750. The Bertz CT molecular complexity index is 354. The van der Waals surface area contributed by atoms with Crippen molar-refractivity contribution >= 4 is 11.8 Å². The normalized spacial score (nSPS) is 13.7. The van der Waals surface area contributed by atoms with E-state index < -0.39 is 11.3 Å². The minimum atomic E-state index is -4.22. The van der Waals surface area contributed by atoms with Gasteiger partial charge in [0.05, 0.1) is 0 Å². The Morgan fingerprint density at radius 2 is 2.00 bits per heavy atom. The fourth-order valence-electron chi connectivity index (χ4n) is 1.50. The van der Waals surface area contributed by atoms with Crippen molar-refractivity contribution in [3.05, 3.63) is 35.6 Å². The molecule has 0 saturated carbocycles. The van der Waals surface area contributed by atoms with E-state index in [1.54, 1.807) is 6.07 Å². The molecule has 0 heterocycles. The molecule has 0 aliphatic carbocycles. The van der Waals surface area contributed by atoms with Gasteiger partial charge in [-0.05, 0) is 36.6 Å². The number of hydrogen-bond donors (Lipinski definition) is 1. The number of thioether (sulfide) groups is 1. The molecule has 6 heteroatoms. The summed E-state index contributed by atoms with van der Waals surface area (Å²) in [6.07, 6.45) is 0.282. The molecule has 1 atom stereocenters. The van der Waals surface area contributed by atoms with Crippen LogP contribution in [-0.2, 0) is 0 Å². The molecular formula is C11H13F4NS. The maximum absolute atomic E-state index is 12.9. The zero-order chi connectivity index (χ0) is 12.9. The predicted octanol–water partition coefficient (Wildman–Crippen LogP) is 3.51. The van der Waals surface area contributed by atoms with Gasteiger partial charge in [-0.2, -0.15) is 13.2 Å². The van der Waals surface area contributed by atoms with Gasteiger partial charge in [-0.1, -0.05) is 23.9 Å². The van der Waals surface area contributed by atoms with Crippen LogP contribution < -0.4 is 5.73 Å². The SMILES string of the molecule is NCC(CCSC(F)(F)F)c1cccc(F)c1. The van der Waals surface area contributed by atoms with Gasteiger partial charge in [-0.15, -0.1) is 0 Å². The molecule has 0 saturated heterocycles. The number of nitrogens with two attached hydrogens (primary N) is 1. The molecule has 0 radical (unpaired) electrons. The highest BCUT2D eigenvalue weighted by molar-refractivity contribution is 8.00. The second kappa shape index (κ2) is 6.26. The van der Waals surface area contributed by atoms with Gasteiger partial charge in [0.1, 0.15) is 5.82 Å². The fraction of sp³-hybridized carbons (Fsp3) is 0.455. The first-order valence-corrected chi connectivity index (χ1v) is 6.07. The van der Waals surface area contributed by atoms with E-state index in [0.717, 1.165) is 0 Å². The molecule has 0 spiro atoms. The lowest BCUT2D eigenvalue weighted by molar-refractivity contribution is -0.0328. The van der Waals surface area contributed by atoms with Crippen LogP contribution in [0.15, 0.2) is 24.3 Å². The van der Waals surface area contributed by atoms with Crippen LogP contribution in [0.4, 0.5) is 17.6 Å². The van der Waals surface area contributed by atoms with Crippen molar-refractivity contribution < 1.29 is 17.6 Å². The topological polar surface area (TPSA) is 26.0 Å². The van der Waals surface area contributed by atoms with Crippen molar-refractivity contribution in [3.63, 3.8) is 0 Å². The van der Waals surface area contributed by atoms with Crippen LogP contribution in [0.1, 0.15) is 17.9 Å². The Kier molecular flexibility index (Phi) is 5.27. The molecule has 96 valence electrons. The Morgan fingerprint density at radius 3 is 2.53 bits per heavy atom. The summed E-state index contributed by atoms with van der Waals surface area (Å²) in [5.41, 5.74) is 1.92. The lowest BCUT2D eigenvalue weighted by Gasteiger charge is -2.15. The van der Waals surface area contributed by atoms with Crippen LogP contribution in [-0.4, -0.2) is 17.8 Å². The predicted molar refractivity (Wildman–Crippen MR) is 61.3 cm³/mol. The highest BCUT2D eigenvalue weighted by Gasteiger charge is 2.28. The lowest BCUT2D eigenvalue weighted by atomic mass is 9.97. The molecule has 0 fully saturated rings. The van der Waals surface area contributed by atoms with Crippen LogP contribution in [0, 0.1) is 5.82 Å². The van der Waals surface area contributed by atoms with Gasteiger partial charge in [0, 0.05) is 5.75 Å². The summed E-state index contributed by atoms with van der Waals surface area (Å²) in [5, 5.41) is 0. The van der Waals surface area contributed by atoms with E-state index in [9.17, 15) is 17.6 Å².